The van der Waals surface area contributed by atoms with Gasteiger partial charge in [0.05, 0.1) is 10.5 Å². The number of nitrogens with zero attached hydrogens (tertiary/aromatic N) is 1. The van der Waals surface area contributed by atoms with E-state index in [-0.39, 0.29) is 5.75 Å². The molecular weight excluding hydrogens is 248 g/mol. The lowest BCUT2D eigenvalue weighted by atomic mass is 10.3. The Morgan fingerprint density at radius 2 is 1.72 bits per heavy atom. The van der Waals surface area contributed by atoms with Crippen molar-refractivity contribution in [3.63, 3.8) is 0 Å². The van der Waals surface area contributed by atoms with Crippen LogP contribution in [0.4, 0.5) is 0 Å². The minimum absolute atomic E-state index is 0.236. The molecule has 0 amide bonds. The van der Waals surface area contributed by atoms with Crippen LogP contribution in [0, 0.1) is 0 Å². The summed E-state index contributed by atoms with van der Waals surface area (Å²) in [7, 11) is -2.97. The number of sulfone groups is 1. The SMILES string of the molecule is CC(C)(C)S(=O)(=O)CCNCCCN1CCCC1. The summed E-state index contributed by atoms with van der Waals surface area (Å²) in [6.45, 7) is 10.4. The lowest BCUT2D eigenvalue weighted by Crippen LogP contribution is -2.35. The van der Waals surface area contributed by atoms with E-state index < -0.39 is 14.6 Å². The molecule has 1 rings (SSSR count). The molecule has 0 spiro atoms. The molecule has 0 atom stereocenters. The largest absolute Gasteiger partial charge is 0.316 e. The summed E-state index contributed by atoms with van der Waals surface area (Å²) in [5.74, 6) is 0.236. The highest BCUT2D eigenvalue weighted by molar-refractivity contribution is 7.92. The molecular formula is C13H28N2O2S. The Morgan fingerprint density at radius 1 is 1.11 bits per heavy atom. The Hall–Kier alpha value is -0.130. The molecule has 1 aliphatic rings. The van der Waals surface area contributed by atoms with Crippen LogP contribution in [0.1, 0.15) is 40.0 Å². The van der Waals surface area contributed by atoms with Crippen LogP contribution in [0.3, 0.4) is 0 Å². The molecule has 0 bridgehead atoms. The van der Waals surface area contributed by atoms with Crippen LogP contribution in [0.2, 0.25) is 0 Å². The quantitative estimate of drug-likeness (QED) is 0.712. The summed E-state index contributed by atoms with van der Waals surface area (Å²) in [6.07, 6.45) is 3.77. The predicted octanol–water partition coefficient (Wildman–Crippen LogP) is 1.28. The van der Waals surface area contributed by atoms with Crippen LogP contribution in [0.15, 0.2) is 0 Å². The summed E-state index contributed by atoms with van der Waals surface area (Å²) in [6, 6.07) is 0. The number of nitrogens with one attached hydrogen (secondary N) is 1. The summed E-state index contributed by atoms with van der Waals surface area (Å²) < 4.78 is 23.1. The normalized spacial score (nSPS) is 18.4. The molecule has 0 aromatic rings. The Morgan fingerprint density at radius 3 is 2.28 bits per heavy atom. The maximum Gasteiger partial charge on any atom is 0.156 e. The molecule has 0 unspecified atom stereocenters. The topological polar surface area (TPSA) is 49.4 Å². The minimum atomic E-state index is -2.97. The van der Waals surface area contributed by atoms with E-state index in [0.717, 1.165) is 19.5 Å². The number of likely N-dealkylation sites (tertiary alicyclic amines) is 1. The zero-order chi connectivity index (χ0) is 13.6. The van der Waals surface area contributed by atoms with Gasteiger partial charge in [-0.25, -0.2) is 8.42 Å². The number of hydrogen-bond acceptors (Lipinski definition) is 4. The fourth-order valence-corrected chi connectivity index (χ4v) is 3.10. The smallest absolute Gasteiger partial charge is 0.156 e. The van der Waals surface area contributed by atoms with Crippen molar-refractivity contribution in [3.05, 3.63) is 0 Å². The van der Waals surface area contributed by atoms with Crippen molar-refractivity contribution in [1.82, 2.24) is 10.2 Å². The lowest BCUT2D eigenvalue weighted by Gasteiger charge is -2.19. The van der Waals surface area contributed by atoms with Crippen LogP contribution in [-0.4, -0.2) is 56.5 Å². The van der Waals surface area contributed by atoms with Crippen molar-refractivity contribution in [2.24, 2.45) is 0 Å². The van der Waals surface area contributed by atoms with E-state index in [1.807, 2.05) is 0 Å². The van der Waals surface area contributed by atoms with Gasteiger partial charge in [-0.3, -0.25) is 0 Å². The highest BCUT2D eigenvalue weighted by Crippen LogP contribution is 2.15. The van der Waals surface area contributed by atoms with Gasteiger partial charge in [-0.15, -0.1) is 0 Å². The Kier molecular flexibility index (Phi) is 6.08. The predicted molar refractivity (Wildman–Crippen MR) is 76.7 cm³/mol. The van der Waals surface area contributed by atoms with Crippen molar-refractivity contribution in [2.45, 2.75) is 44.8 Å². The van der Waals surface area contributed by atoms with Crippen molar-refractivity contribution < 1.29 is 8.42 Å². The zero-order valence-electron chi connectivity index (χ0n) is 12.0. The first-order valence-corrected chi connectivity index (χ1v) is 8.63. The number of rotatable bonds is 7. The molecule has 1 heterocycles. The average Bonchev–Trinajstić information content (AvgIpc) is 2.74. The van der Waals surface area contributed by atoms with Gasteiger partial charge in [-0.1, -0.05) is 0 Å². The van der Waals surface area contributed by atoms with E-state index in [1.54, 1.807) is 20.8 Å². The molecule has 1 saturated heterocycles. The highest BCUT2D eigenvalue weighted by Gasteiger charge is 2.27. The third-order valence-electron chi connectivity index (χ3n) is 3.51. The maximum atomic E-state index is 11.8. The summed E-state index contributed by atoms with van der Waals surface area (Å²) in [4.78, 5) is 2.48. The zero-order valence-corrected chi connectivity index (χ0v) is 12.9. The fourth-order valence-electron chi connectivity index (χ4n) is 2.07. The third-order valence-corrected chi connectivity index (χ3v) is 6.11. The molecule has 0 aromatic carbocycles. The van der Waals surface area contributed by atoms with Gasteiger partial charge in [0.2, 0.25) is 0 Å². The Labute approximate surface area is 112 Å². The monoisotopic (exact) mass is 276 g/mol. The van der Waals surface area contributed by atoms with Crippen molar-refractivity contribution in [2.75, 3.05) is 38.5 Å². The van der Waals surface area contributed by atoms with Crippen LogP contribution in [0.5, 0.6) is 0 Å². The van der Waals surface area contributed by atoms with Gasteiger partial charge in [-0.05, 0) is 66.2 Å². The van der Waals surface area contributed by atoms with Gasteiger partial charge in [-0.2, -0.15) is 0 Å². The Balaban J connectivity index is 2.05. The van der Waals surface area contributed by atoms with Gasteiger partial charge in [0.25, 0.3) is 0 Å². The van der Waals surface area contributed by atoms with E-state index >= 15 is 0 Å². The van der Waals surface area contributed by atoms with Gasteiger partial charge in [0.15, 0.2) is 9.84 Å². The standard InChI is InChI=1S/C13H28N2O2S/c1-13(2,3)18(16,17)12-8-14-7-6-11-15-9-4-5-10-15/h14H,4-12H2,1-3H3. The maximum absolute atomic E-state index is 11.8. The molecule has 0 aliphatic carbocycles. The van der Waals surface area contributed by atoms with E-state index in [4.69, 9.17) is 0 Å². The molecule has 4 nitrogen and oxygen atoms in total. The van der Waals surface area contributed by atoms with Gasteiger partial charge < -0.3 is 10.2 Å². The van der Waals surface area contributed by atoms with Gasteiger partial charge in [0, 0.05) is 6.54 Å². The minimum Gasteiger partial charge on any atom is -0.316 e. The first-order valence-electron chi connectivity index (χ1n) is 6.98. The van der Waals surface area contributed by atoms with Crippen molar-refractivity contribution in [1.29, 1.82) is 0 Å². The molecule has 1 fully saturated rings. The van der Waals surface area contributed by atoms with Crippen LogP contribution in [0.25, 0.3) is 0 Å². The molecule has 1 aliphatic heterocycles. The molecule has 0 aromatic heterocycles. The summed E-state index contributed by atoms with van der Waals surface area (Å²) in [5.41, 5.74) is 0. The first-order chi connectivity index (χ1) is 8.33. The molecule has 1 N–H and O–H groups in total. The Bertz CT molecular complexity index is 327. The summed E-state index contributed by atoms with van der Waals surface area (Å²) in [5, 5.41) is 3.23. The fraction of sp³-hybridized carbons (Fsp3) is 1.00. The molecule has 5 heteroatoms. The van der Waals surface area contributed by atoms with Crippen LogP contribution in [-0.2, 0) is 9.84 Å². The molecule has 108 valence electrons. The first kappa shape index (κ1) is 15.9. The van der Waals surface area contributed by atoms with Crippen LogP contribution < -0.4 is 5.32 Å². The second-order valence-corrected chi connectivity index (χ2v) is 8.95. The lowest BCUT2D eigenvalue weighted by molar-refractivity contribution is 0.331. The summed E-state index contributed by atoms with van der Waals surface area (Å²) >= 11 is 0. The average molecular weight is 276 g/mol. The van der Waals surface area contributed by atoms with E-state index in [1.165, 1.54) is 25.9 Å². The number of hydrogen-bond donors (Lipinski definition) is 1. The third kappa shape index (κ3) is 5.24. The second-order valence-electron chi connectivity index (χ2n) is 6.08. The second kappa shape index (κ2) is 6.87. The van der Waals surface area contributed by atoms with Crippen molar-refractivity contribution in [3.8, 4) is 0 Å². The van der Waals surface area contributed by atoms with E-state index in [9.17, 15) is 8.42 Å². The van der Waals surface area contributed by atoms with E-state index in [0.29, 0.717) is 6.54 Å². The van der Waals surface area contributed by atoms with Gasteiger partial charge in [0.1, 0.15) is 0 Å². The highest BCUT2D eigenvalue weighted by atomic mass is 32.2. The van der Waals surface area contributed by atoms with Crippen molar-refractivity contribution >= 4 is 9.84 Å². The van der Waals surface area contributed by atoms with Crippen LogP contribution >= 0.6 is 0 Å². The molecule has 0 radical (unpaired) electrons. The molecule has 18 heavy (non-hydrogen) atoms. The molecule has 0 saturated carbocycles. The van der Waals surface area contributed by atoms with E-state index in [2.05, 4.69) is 10.2 Å². The van der Waals surface area contributed by atoms with Gasteiger partial charge >= 0.3 is 0 Å².